The van der Waals surface area contributed by atoms with Crippen LogP contribution in [-0.2, 0) is 6.18 Å². The van der Waals surface area contributed by atoms with Crippen molar-refractivity contribution >= 4 is 22.6 Å². The van der Waals surface area contributed by atoms with E-state index in [9.17, 15) is 18.0 Å². The van der Waals surface area contributed by atoms with Gasteiger partial charge in [-0.15, -0.1) is 0 Å². The number of alkyl halides is 3. The van der Waals surface area contributed by atoms with E-state index in [-0.39, 0.29) is 16.7 Å². The zero-order valence-corrected chi connectivity index (χ0v) is 12.1. The van der Waals surface area contributed by atoms with E-state index in [4.69, 9.17) is 20.8 Å². The third kappa shape index (κ3) is 3.32. The van der Waals surface area contributed by atoms with Crippen LogP contribution in [0.15, 0.2) is 57.7 Å². The Hall–Kier alpha value is -2.47. The zero-order chi connectivity index (χ0) is 16.6. The SMILES string of the molecule is O=c1cc(C(F)(F)F)oc2cc(Oc3ccc(Cl)cc3)ccc12. The van der Waals surface area contributed by atoms with Crippen molar-refractivity contribution in [3.8, 4) is 11.5 Å². The molecular formula is C16H8ClF3O3. The van der Waals surface area contributed by atoms with Gasteiger partial charge in [-0.1, -0.05) is 11.6 Å². The van der Waals surface area contributed by atoms with Crippen LogP contribution in [0.1, 0.15) is 5.76 Å². The number of rotatable bonds is 2. The van der Waals surface area contributed by atoms with Gasteiger partial charge in [-0.05, 0) is 36.4 Å². The van der Waals surface area contributed by atoms with Crippen molar-refractivity contribution in [3.05, 3.63) is 69.5 Å². The summed E-state index contributed by atoms with van der Waals surface area (Å²) in [5, 5.41) is 0.568. The zero-order valence-electron chi connectivity index (χ0n) is 11.4. The molecule has 1 aromatic heterocycles. The molecule has 3 rings (SSSR count). The molecule has 1 heterocycles. The number of hydrogen-bond acceptors (Lipinski definition) is 3. The van der Waals surface area contributed by atoms with E-state index in [0.717, 1.165) is 0 Å². The van der Waals surface area contributed by atoms with E-state index in [1.807, 2.05) is 0 Å². The molecule has 0 N–H and O–H groups in total. The van der Waals surface area contributed by atoms with Crippen molar-refractivity contribution in [3.63, 3.8) is 0 Å². The highest BCUT2D eigenvalue weighted by molar-refractivity contribution is 6.30. The van der Waals surface area contributed by atoms with Crippen molar-refractivity contribution in [2.45, 2.75) is 6.18 Å². The largest absolute Gasteiger partial charge is 0.457 e. The van der Waals surface area contributed by atoms with Crippen molar-refractivity contribution in [2.24, 2.45) is 0 Å². The van der Waals surface area contributed by atoms with E-state index in [1.165, 1.54) is 18.2 Å². The maximum Gasteiger partial charge on any atom is 0.449 e. The Morgan fingerprint density at radius 3 is 2.26 bits per heavy atom. The van der Waals surface area contributed by atoms with E-state index in [2.05, 4.69) is 0 Å². The number of fused-ring (bicyclic) bond motifs is 1. The normalized spacial score (nSPS) is 11.7. The Balaban J connectivity index is 2.03. The molecule has 118 valence electrons. The summed E-state index contributed by atoms with van der Waals surface area (Å²) in [5.74, 6) is -0.663. The van der Waals surface area contributed by atoms with Crippen molar-refractivity contribution < 1.29 is 22.3 Å². The van der Waals surface area contributed by atoms with Crippen LogP contribution in [0.25, 0.3) is 11.0 Å². The molecule has 0 saturated heterocycles. The summed E-state index contributed by atoms with van der Waals surface area (Å²) in [5.41, 5.74) is -0.965. The van der Waals surface area contributed by atoms with Crippen LogP contribution in [0.4, 0.5) is 13.2 Å². The molecule has 0 atom stereocenters. The van der Waals surface area contributed by atoms with Crippen LogP contribution in [0.3, 0.4) is 0 Å². The molecule has 0 spiro atoms. The quantitative estimate of drug-likeness (QED) is 0.639. The summed E-state index contributed by atoms with van der Waals surface area (Å²) in [7, 11) is 0. The smallest absolute Gasteiger partial charge is 0.449 e. The molecule has 0 unspecified atom stereocenters. The highest BCUT2D eigenvalue weighted by Gasteiger charge is 2.34. The lowest BCUT2D eigenvalue weighted by Gasteiger charge is -2.08. The Morgan fingerprint density at radius 2 is 1.61 bits per heavy atom. The summed E-state index contributed by atoms with van der Waals surface area (Å²) in [6.45, 7) is 0. The first-order valence-corrected chi connectivity index (χ1v) is 6.79. The fourth-order valence-electron chi connectivity index (χ4n) is 1.98. The lowest BCUT2D eigenvalue weighted by Crippen LogP contribution is -2.10. The molecule has 3 aromatic rings. The van der Waals surface area contributed by atoms with Crippen LogP contribution in [-0.4, -0.2) is 0 Å². The van der Waals surface area contributed by atoms with Crippen LogP contribution >= 0.6 is 11.6 Å². The van der Waals surface area contributed by atoms with Crippen LogP contribution in [0.2, 0.25) is 5.02 Å². The minimum Gasteiger partial charge on any atom is -0.457 e. The van der Waals surface area contributed by atoms with Crippen molar-refractivity contribution in [1.82, 2.24) is 0 Å². The fraction of sp³-hybridized carbons (Fsp3) is 0.0625. The average Bonchev–Trinajstić information content (AvgIpc) is 2.48. The minimum atomic E-state index is -4.74. The Morgan fingerprint density at radius 1 is 0.957 bits per heavy atom. The van der Waals surface area contributed by atoms with Gasteiger partial charge in [-0.25, -0.2) is 0 Å². The highest BCUT2D eigenvalue weighted by atomic mass is 35.5. The topological polar surface area (TPSA) is 39.4 Å². The third-order valence-corrected chi connectivity index (χ3v) is 3.28. The number of ether oxygens (including phenoxy) is 1. The van der Waals surface area contributed by atoms with Gasteiger partial charge in [-0.3, -0.25) is 4.79 Å². The van der Waals surface area contributed by atoms with Gasteiger partial charge < -0.3 is 9.15 Å². The third-order valence-electron chi connectivity index (χ3n) is 3.03. The number of benzene rings is 2. The maximum atomic E-state index is 12.7. The predicted octanol–water partition coefficient (Wildman–Crippen LogP) is 5.26. The monoisotopic (exact) mass is 340 g/mol. The molecule has 3 nitrogen and oxygen atoms in total. The van der Waals surface area contributed by atoms with Crippen molar-refractivity contribution in [1.29, 1.82) is 0 Å². The van der Waals surface area contributed by atoms with Gasteiger partial charge in [0.2, 0.25) is 5.76 Å². The molecule has 0 aliphatic heterocycles. The summed E-state index contributed by atoms with van der Waals surface area (Å²) in [4.78, 5) is 11.7. The molecule has 0 amide bonds. The molecule has 0 bridgehead atoms. The van der Waals surface area contributed by atoms with Gasteiger partial charge in [-0.2, -0.15) is 13.2 Å². The van der Waals surface area contributed by atoms with Crippen LogP contribution < -0.4 is 10.2 Å². The van der Waals surface area contributed by atoms with E-state index < -0.39 is 17.4 Å². The molecular weight excluding hydrogens is 333 g/mol. The maximum absolute atomic E-state index is 12.7. The van der Waals surface area contributed by atoms with Crippen molar-refractivity contribution in [2.75, 3.05) is 0 Å². The number of halogens is 4. The van der Waals surface area contributed by atoms with Gasteiger partial charge >= 0.3 is 6.18 Å². The van der Waals surface area contributed by atoms with Crippen LogP contribution in [0, 0.1) is 0 Å². The predicted molar refractivity (Wildman–Crippen MR) is 79.0 cm³/mol. The van der Waals surface area contributed by atoms with Gasteiger partial charge in [0.1, 0.15) is 17.1 Å². The first-order valence-electron chi connectivity index (χ1n) is 6.41. The Kier molecular flexibility index (Phi) is 3.77. The van der Waals surface area contributed by atoms with Crippen LogP contribution in [0.5, 0.6) is 11.5 Å². The number of hydrogen-bond donors (Lipinski definition) is 0. The molecule has 7 heteroatoms. The molecule has 23 heavy (non-hydrogen) atoms. The second-order valence-electron chi connectivity index (χ2n) is 4.69. The molecule has 0 saturated carbocycles. The molecule has 0 aliphatic rings. The standard InChI is InChI=1S/C16H8ClF3O3/c17-9-1-3-10(4-2-9)22-11-5-6-12-13(21)8-15(16(18,19)20)23-14(12)7-11/h1-8H. The van der Waals surface area contributed by atoms with E-state index in [1.54, 1.807) is 24.3 Å². The minimum absolute atomic E-state index is 0.0430. The average molecular weight is 341 g/mol. The molecule has 2 aromatic carbocycles. The first-order chi connectivity index (χ1) is 10.8. The Bertz CT molecular complexity index is 914. The molecule has 0 fully saturated rings. The summed E-state index contributed by atoms with van der Waals surface area (Å²) in [6.07, 6.45) is -4.74. The summed E-state index contributed by atoms with van der Waals surface area (Å²) < 4.78 is 48.4. The van der Waals surface area contributed by atoms with Gasteiger partial charge in [0.25, 0.3) is 0 Å². The fourth-order valence-corrected chi connectivity index (χ4v) is 2.10. The second kappa shape index (κ2) is 5.62. The lowest BCUT2D eigenvalue weighted by atomic mass is 10.2. The summed E-state index contributed by atoms with van der Waals surface area (Å²) in [6, 6.07) is 10.9. The van der Waals surface area contributed by atoms with Gasteiger partial charge in [0, 0.05) is 17.2 Å². The highest BCUT2D eigenvalue weighted by Crippen LogP contribution is 2.31. The lowest BCUT2D eigenvalue weighted by molar-refractivity contribution is -0.152. The first kappa shape index (κ1) is 15.4. The second-order valence-corrected chi connectivity index (χ2v) is 5.12. The van der Waals surface area contributed by atoms with Gasteiger partial charge in [0.15, 0.2) is 5.43 Å². The Labute approximate surface area is 132 Å². The van der Waals surface area contributed by atoms with E-state index >= 15 is 0 Å². The molecule has 0 radical (unpaired) electrons. The summed E-state index contributed by atoms with van der Waals surface area (Å²) >= 11 is 5.76. The van der Waals surface area contributed by atoms with E-state index in [0.29, 0.717) is 16.8 Å². The van der Waals surface area contributed by atoms with Gasteiger partial charge in [0.05, 0.1) is 5.39 Å². The molecule has 0 aliphatic carbocycles.